The smallest absolute Gasteiger partial charge is 0.407 e. The second kappa shape index (κ2) is 5.44. The van der Waals surface area contributed by atoms with Gasteiger partial charge in [0.05, 0.1) is 0 Å². The van der Waals surface area contributed by atoms with Crippen LogP contribution < -0.4 is 5.32 Å². The van der Waals surface area contributed by atoms with Gasteiger partial charge in [0.2, 0.25) is 0 Å². The second-order valence-electron chi connectivity index (χ2n) is 6.46. The van der Waals surface area contributed by atoms with E-state index < -0.39 is 11.7 Å². The fraction of sp³-hybridized carbons (Fsp3) is 0.562. The van der Waals surface area contributed by atoms with Gasteiger partial charge in [-0.1, -0.05) is 30.3 Å². The lowest BCUT2D eigenvalue weighted by Gasteiger charge is -2.22. The van der Waals surface area contributed by atoms with Crippen molar-refractivity contribution in [3.63, 3.8) is 0 Å². The number of ether oxygens (including phenoxy) is 1. The highest BCUT2D eigenvalue weighted by Crippen LogP contribution is 2.53. The van der Waals surface area contributed by atoms with Gasteiger partial charge >= 0.3 is 6.09 Å². The van der Waals surface area contributed by atoms with Crippen LogP contribution in [0.3, 0.4) is 0 Å². The SMILES string of the molecule is CC(C)(C)OC(=O)NC[C@]1(c2ccccc2)C[C@H]1CO. The number of carbonyl (C=O) groups excluding carboxylic acids is 1. The normalized spacial score (nSPS) is 25.1. The number of alkyl carbamates (subject to hydrolysis) is 1. The summed E-state index contributed by atoms with van der Waals surface area (Å²) in [4.78, 5) is 11.8. The average molecular weight is 277 g/mol. The molecule has 0 spiro atoms. The van der Waals surface area contributed by atoms with Crippen molar-refractivity contribution in [1.82, 2.24) is 5.32 Å². The summed E-state index contributed by atoms with van der Waals surface area (Å²) >= 11 is 0. The fourth-order valence-corrected chi connectivity index (χ4v) is 2.61. The lowest BCUT2D eigenvalue weighted by atomic mass is 9.93. The van der Waals surface area contributed by atoms with Crippen molar-refractivity contribution in [2.24, 2.45) is 5.92 Å². The Hall–Kier alpha value is -1.55. The molecule has 1 saturated carbocycles. The molecule has 1 aliphatic rings. The summed E-state index contributed by atoms with van der Waals surface area (Å²) in [5.41, 5.74) is 0.520. The summed E-state index contributed by atoms with van der Waals surface area (Å²) in [6.45, 7) is 6.16. The highest BCUT2D eigenvalue weighted by atomic mass is 16.6. The van der Waals surface area contributed by atoms with E-state index in [1.807, 2.05) is 51.1 Å². The van der Waals surface area contributed by atoms with Crippen LogP contribution in [0.2, 0.25) is 0 Å². The van der Waals surface area contributed by atoms with Crippen molar-refractivity contribution in [2.45, 2.75) is 38.2 Å². The average Bonchev–Trinajstić information content (AvgIpc) is 3.11. The number of hydrogen-bond donors (Lipinski definition) is 2. The summed E-state index contributed by atoms with van der Waals surface area (Å²) < 4.78 is 5.25. The van der Waals surface area contributed by atoms with Crippen LogP contribution in [0.1, 0.15) is 32.8 Å². The molecule has 1 aliphatic carbocycles. The van der Waals surface area contributed by atoms with Gasteiger partial charge in [-0.3, -0.25) is 0 Å². The minimum absolute atomic E-state index is 0.144. The van der Waals surface area contributed by atoms with E-state index in [9.17, 15) is 9.90 Å². The van der Waals surface area contributed by atoms with Gasteiger partial charge in [0, 0.05) is 18.6 Å². The van der Waals surface area contributed by atoms with Gasteiger partial charge in [0.1, 0.15) is 5.60 Å². The summed E-state index contributed by atoms with van der Waals surface area (Å²) in [5, 5.41) is 12.2. The third-order valence-electron chi connectivity index (χ3n) is 3.75. The van der Waals surface area contributed by atoms with Crippen LogP contribution in [-0.4, -0.2) is 30.0 Å². The Morgan fingerprint density at radius 3 is 2.55 bits per heavy atom. The molecule has 0 unspecified atom stereocenters. The molecule has 1 aromatic rings. The van der Waals surface area contributed by atoms with Gasteiger partial charge in [-0.05, 0) is 38.7 Å². The molecule has 0 heterocycles. The van der Waals surface area contributed by atoms with E-state index in [4.69, 9.17) is 4.74 Å². The zero-order valence-corrected chi connectivity index (χ0v) is 12.3. The minimum atomic E-state index is -0.496. The quantitative estimate of drug-likeness (QED) is 0.889. The molecule has 2 N–H and O–H groups in total. The van der Waals surface area contributed by atoms with Crippen LogP contribution in [0.4, 0.5) is 4.79 Å². The molecule has 0 bridgehead atoms. The molecule has 0 saturated heterocycles. The molecule has 2 atom stereocenters. The molecule has 20 heavy (non-hydrogen) atoms. The third kappa shape index (κ3) is 3.31. The number of benzene rings is 1. The molecule has 2 rings (SSSR count). The molecule has 1 aromatic carbocycles. The first-order valence-electron chi connectivity index (χ1n) is 7.01. The summed E-state index contributed by atoms with van der Waals surface area (Å²) in [5.74, 6) is 0.208. The van der Waals surface area contributed by atoms with E-state index in [2.05, 4.69) is 5.32 Å². The van der Waals surface area contributed by atoms with Crippen molar-refractivity contribution in [2.75, 3.05) is 13.2 Å². The van der Waals surface area contributed by atoms with Crippen molar-refractivity contribution in [3.8, 4) is 0 Å². The van der Waals surface area contributed by atoms with Gasteiger partial charge in [-0.25, -0.2) is 4.79 Å². The summed E-state index contributed by atoms with van der Waals surface area (Å²) in [7, 11) is 0. The van der Waals surface area contributed by atoms with Gasteiger partial charge in [0.25, 0.3) is 0 Å². The zero-order valence-electron chi connectivity index (χ0n) is 12.3. The molecule has 0 aromatic heterocycles. The number of aliphatic hydroxyl groups is 1. The number of aliphatic hydroxyl groups excluding tert-OH is 1. The van der Waals surface area contributed by atoms with Crippen LogP contribution in [0.25, 0.3) is 0 Å². The third-order valence-corrected chi connectivity index (χ3v) is 3.75. The Labute approximate surface area is 120 Å². The lowest BCUT2D eigenvalue weighted by Crippen LogP contribution is -2.37. The second-order valence-corrected chi connectivity index (χ2v) is 6.46. The highest BCUT2D eigenvalue weighted by molar-refractivity contribution is 5.68. The number of nitrogens with one attached hydrogen (secondary N) is 1. The van der Waals surface area contributed by atoms with E-state index in [1.165, 1.54) is 0 Å². The van der Waals surface area contributed by atoms with E-state index >= 15 is 0 Å². The predicted octanol–water partition coefficient (Wildman–Crippen LogP) is 2.46. The minimum Gasteiger partial charge on any atom is -0.444 e. The molecule has 4 heteroatoms. The first-order chi connectivity index (χ1) is 9.37. The zero-order chi connectivity index (χ0) is 14.8. The maximum absolute atomic E-state index is 11.8. The van der Waals surface area contributed by atoms with Crippen LogP contribution in [0.5, 0.6) is 0 Å². The monoisotopic (exact) mass is 277 g/mol. The lowest BCUT2D eigenvalue weighted by molar-refractivity contribution is 0.0520. The Bertz CT molecular complexity index is 466. The fourth-order valence-electron chi connectivity index (χ4n) is 2.61. The standard InChI is InChI=1S/C16H23NO3/c1-15(2,3)20-14(19)17-11-16(9-13(16)10-18)12-7-5-4-6-8-12/h4-8,13,18H,9-11H2,1-3H3,(H,17,19)/t13-,16-/m0/s1. The number of carbonyl (C=O) groups is 1. The van der Waals surface area contributed by atoms with E-state index in [0.717, 1.165) is 12.0 Å². The van der Waals surface area contributed by atoms with Crippen molar-refractivity contribution in [3.05, 3.63) is 35.9 Å². The molecule has 0 aliphatic heterocycles. The van der Waals surface area contributed by atoms with Gasteiger partial charge in [0.15, 0.2) is 0 Å². The van der Waals surface area contributed by atoms with Crippen LogP contribution in [-0.2, 0) is 10.2 Å². The molecular formula is C16H23NO3. The molecule has 110 valence electrons. The van der Waals surface area contributed by atoms with Gasteiger partial charge in [-0.15, -0.1) is 0 Å². The Kier molecular flexibility index (Phi) is 4.04. The maximum Gasteiger partial charge on any atom is 0.407 e. The molecule has 1 amide bonds. The first-order valence-corrected chi connectivity index (χ1v) is 7.01. The number of rotatable bonds is 4. The van der Waals surface area contributed by atoms with Crippen LogP contribution in [0, 0.1) is 5.92 Å². The number of hydrogen-bond acceptors (Lipinski definition) is 3. The molecular weight excluding hydrogens is 254 g/mol. The Morgan fingerprint density at radius 2 is 2.05 bits per heavy atom. The van der Waals surface area contributed by atoms with E-state index in [1.54, 1.807) is 0 Å². The number of amides is 1. The molecule has 4 nitrogen and oxygen atoms in total. The Morgan fingerprint density at radius 1 is 1.40 bits per heavy atom. The molecule has 1 fully saturated rings. The van der Waals surface area contributed by atoms with Crippen molar-refractivity contribution < 1.29 is 14.6 Å². The van der Waals surface area contributed by atoms with Crippen molar-refractivity contribution in [1.29, 1.82) is 0 Å². The highest BCUT2D eigenvalue weighted by Gasteiger charge is 2.54. The summed E-state index contributed by atoms with van der Waals surface area (Å²) in [6.07, 6.45) is 0.486. The van der Waals surface area contributed by atoms with Crippen LogP contribution >= 0.6 is 0 Å². The topological polar surface area (TPSA) is 58.6 Å². The summed E-state index contributed by atoms with van der Waals surface area (Å²) in [6, 6.07) is 10.0. The van der Waals surface area contributed by atoms with E-state index in [-0.39, 0.29) is 17.9 Å². The van der Waals surface area contributed by atoms with Gasteiger partial charge < -0.3 is 15.2 Å². The Balaban J connectivity index is 2.00. The maximum atomic E-state index is 11.8. The predicted molar refractivity (Wildman–Crippen MR) is 77.5 cm³/mol. The van der Waals surface area contributed by atoms with Crippen molar-refractivity contribution >= 4 is 6.09 Å². The van der Waals surface area contributed by atoms with E-state index in [0.29, 0.717) is 6.54 Å². The largest absolute Gasteiger partial charge is 0.444 e. The first kappa shape index (κ1) is 14.9. The molecule has 0 radical (unpaired) electrons. The van der Waals surface area contributed by atoms with Gasteiger partial charge in [-0.2, -0.15) is 0 Å². The van der Waals surface area contributed by atoms with Crippen LogP contribution in [0.15, 0.2) is 30.3 Å².